The van der Waals surface area contributed by atoms with Gasteiger partial charge in [-0.25, -0.2) is 14.2 Å². The van der Waals surface area contributed by atoms with Gasteiger partial charge in [-0.15, -0.1) is 0 Å². The van der Waals surface area contributed by atoms with Crippen LogP contribution in [-0.4, -0.2) is 48.1 Å². The normalized spacial score (nSPS) is 13.7. The van der Waals surface area contributed by atoms with Crippen molar-refractivity contribution >= 4 is 29.1 Å². The number of halogens is 1. The Hall–Kier alpha value is -3.94. The fourth-order valence-electron chi connectivity index (χ4n) is 3.73. The van der Waals surface area contributed by atoms with E-state index >= 15 is 0 Å². The lowest BCUT2D eigenvalue weighted by Crippen LogP contribution is -2.46. The third-order valence-corrected chi connectivity index (χ3v) is 5.39. The Morgan fingerprint density at radius 2 is 1.59 bits per heavy atom. The highest BCUT2D eigenvalue weighted by Gasteiger charge is 2.19. The van der Waals surface area contributed by atoms with Crippen LogP contribution in [0.1, 0.15) is 26.3 Å². The van der Waals surface area contributed by atoms with Crippen molar-refractivity contribution in [1.82, 2.24) is 4.98 Å². The van der Waals surface area contributed by atoms with Gasteiger partial charge in [-0.3, -0.25) is 4.79 Å². The van der Waals surface area contributed by atoms with E-state index in [2.05, 4.69) is 20.1 Å². The molecule has 2 aromatic carbocycles. The summed E-state index contributed by atoms with van der Waals surface area (Å²) in [7, 11) is 0. The number of aryl methyl sites for hydroxylation is 1. The summed E-state index contributed by atoms with van der Waals surface area (Å²) in [5, 5.41) is 11.7. The van der Waals surface area contributed by atoms with Crippen LogP contribution in [0.2, 0.25) is 0 Å². The minimum absolute atomic E-state index is 0.272. The summed E-state index contributed by atoms with van der Waals surface area (Å²) >= 11 is 0. The quantitative estimate of drug-likeness (QED) is 0.635. The standard InChI is InChI=1S/C24H23FN4O3/c1-16-12-19(25)14-20(13-16)27-23(30)18-4-7-22(26-15-18)29-10-8-28(9-11-29)21-5-2-17(3-6-21)24(31)32/h2-7,12-15H,8-11H2,1H3,(H,27,30)(H,31,32). The number of rotatable bonds is 5. The Labute approximate surface area is 185 Å². The Morgan fingerprint density at radius 1 is 0.938 bits per heavy atom. The molecule has 0 aliphatic carbocycles. The van der Waals surface area contributed by atoms with Crippen LogP contribution < -0.4 is 15.1 Å². The number of nitrogens with zero attached hydrogens (tertiary/aromatic N) is 3. The molecule has 0 unspecified atom stereocenters. The lowest BCUT2D eigenvalue weighted by molar-refractivity contribution is 0.0696. The van der Waals surface area contributed by atoms with Crippen molar-refractivity contribution in [1.29, 1.82) is 0 Å². The molecule has 4 rings (SSSR count). The first-order valence-corrected chi connectivity index (χ1v) is 10.3. The van der Waals surface area contributed by atoms with Gasteiger partial charge in [0.1, 0.15) is 11.6 Å². The van der Waals surface area contributed by atoms with E-state index in [9.17, 15) is 14.0 Å². The van der Waals surface area contributed by atoms with E-state index in [-0.39, 0.29) is 11.5 Å². The number of nitrogens with one attached hydrogen (secondary N) is 1. The van der Waals surface area contributed by atoms with E-state index in [0.29, 0.717) is 11.3 Å². The van der Waals surface area contributed by atoms with E-state index in [0.717, 1.165) is 43.2 Å². The van der Waals surface area contributed by atoms with Crippen molar-refractivity contribution in [3.05, 3.63) is 83.3 Å². The molecular weight excluding hydrogens is 411 g/mol. The summed E-state index contributed by atoms with van der Waals surface area (Å²) in [6, 6.07) is 14.8. The Kier molecular flexibility index (Phi) is 6.02. The summed E-state index contributed by atoms with van der Waals surface area (Å²) < 4.78 is 13.5. The average Bonchev–Trinajstić information content (AvgIpc) is 2.79. The second kappa shape index (κ2) is 9.05. The summed E-state index contributed by atoms with van der Waals surface area (Å²) in [5.41, 5.74) is 2.79. The molecule has 32 heavy (non-hydrogen) atoms. The van der Waals surface area contributed by atoms with Gasteiger partial charge in [-0.05, 0) is 67.1 Å². The summed E-state index contributed by atoms with van der Waals surface area (Å²) in [5.74, 6) is -0.894. The number of anilines is 3. The molecule has 164 valence electrons. The van der Waals surface area contributed by atoms with E-state index < -0.39 is 11.8 Å². The molecule has 1 aliphatic rings. The number of carboxylic acid groups (broad SMARTS) is 1. The number of carbonyl (C=O) groups is 2. The number of hydrogen-bond acceptors (Lipinski definition) is 5. The maximum atomic E-state index is 13.5. The zero-order valence-corrected chi connectivity index (χ0v) is 17.6. The molecule has 0 spiro atoms. The second-order valence-electron chi connectivity index (χ2n) is 7.70. The van der Waals surface area contributed by atoms with Crippen molar-refractivity contribution in [3.63, 3.8) is 0 Å². The zero-order valence-electron chi connectivity index (χ0n) is 17.6. The highest BCUT2D eigenvalue weighted by atomic mass is 19.1. The third kappa shape index (κ3) is 4.85. The van der Waals surface area contributed by atoms with E-state index in [1.54, 1.807) is 31.2 Å². The Balaban J connectivity index is 1.35. The third-order valence-electron chi connectivity index (χ3n) is 5.39. The predicted molar refractivity (Wildman–Crippen MR) is 121 cm³/mol. The van der Waals surface area contributed by atoms with Crippen LogP contribution in [0.15, 0.2) is 60.8 Å². The second-order valence-corrected chi connectivity index (χ2v) is 7.70. The molecule has 3 aromatic rings. The number of carboxylic acids is 1. The Morgan fingerprint density at radius 3 is 2.19 bits per heavy atom. The lowest BCUT2D eigenvalue weighted by atomic mass is 10.2. The fourth-order valence-corrected chi connectivity index (χ4v) is 3.73. The van der Waals surface area contributed by atoms with E-state index in [1.165, 1.54) is 18.3 Å². The SMILES string of the molecule is Cc1cc(F)cc(NC(=O)c2ccc(N3CCN(c4ccc(C(=O)O)cc4)CC3)nc2)c1. The molecule has 1 aliphatic heterocycles. The fraction of sp³-hybridized carbons (Fsp3) is 0.208. The molecule has 0 radical (unpaired) electrons. The molecule has 8 heteroatoms. The van der Waals surface area contributed by atoms with Crippen molar-refractivity contribution in [2.75, 3.05) is 41.3 Å². The van der Waals surface area contributed by atoms with E-state index in [4.69, 9.17) is 5.11 Å². The van der Waals surface area contributed by atoms with Crippen molar-refractivity contribution in [2.24, 2.45) is 0 Å². The average molecular weight is 434 g/mol. The molecular formula is C24H23FN4O3. The number of carbonyl (C=O) groups excluding carboxylic acids is 1. The summed E-state index contributed by atoms with van der Waals surface area (Å²) in [6.45, 7) is 4.81. The van der Waals surface area contributed by atoms with Crippen LogP contribution >= 0.6 is 0 Å². The Bertz CT molecular complexity index is 1100. The highest BCUT2D eigenvalue weighted by molar-refractivity contribution is 6.04. The minimum atomic E-state index is -0.935. The molecule has 1 aromatic heterocycles. The van der Waals surface area contributed by atoms with Gasteiger partial charge in [0, 0.05) is 43.8 Å². The number of aromatic carboxylic acids is 1. The van der Waals surface area contributed by atoms with Crippen molar-refractivity contribution in [3.8, 4) is 0 Å². The number of benzene rings is 2. The molecule has 1 saturated heterocycles. The van der Waals surface area contributed by atoms with Gasteiger partial charge in [0.15, 0.2) is 0 Å². The maximum Gasteiger partial charge on any atom is 0.335 e. The van der Waals surface area contributed by atoms with Crippen LogP contribution in [0.25, 0.3) is 0 Å². The monoisotopic (exact) mass is 434 g/mol. The van der Waals surface area contributed by atoms with Gasteiger partial charge >= 0.3 is 5.97 Å². The van der Waals surface area contributed by atoms with Crippen LogP contribution in [0.3, 0.4) is 0 Å². The smallest absolute Gasteiger partial charge is 0.335 e. The topological polar surface area (TPSA) is 85.8 Å². The van der Waals surface area contributed by atoms with Gasteiger partial charge in [0.25, 0.3) is 5.91 Å². The first-order valence-electron chi connectivity index (χ1n) is 10.3. The van der Waals surface area contributed by atoms with Crippen molar-refractivity contribution in [2.45, 2.75) is 6.92 Å². The predicted octanol–water partition coefficient (Wildman–Crippen LogP) is 3.81. The molecule has 0 atom stereocenters. The van der Waals surface area contributed by atoms with Crippen LogP contribution in [0.4, 0.5) is 21.6 Å². The largest absolute Gasteiger partial charge is 0.478 e. The summed E-state index contributed by atoms with van der Waals surface area (Å²) in [4.78, 5) is 32.2. The van der Waals surface area contributed by atoms with Crippen LogP contribution in [0, 0.1) is 12.7 Å². The molecule has 0 bridgehead atoms. The van der Waals surface area contributed by atoms with Crippen LogP contribution in [-0.2, 0) is 0 Å². The van der Waals surface area contributed by atoms with Gasteiger partial charge < -0.3 is 20.2 Å². The number of piperazine rings is 1. The van der Waals surface area contributed by atoms with Crippen molar-refractivity contribution < 1.29 is 19.1 Å². The number of hydrogen-bond donors (Lipinski definition) is 2. The van der Waals surface area contributed by atoms with Crippen LogP contribution in [0.5, 0.6) is 0 Å². The zero-order chi connectivity index (χ0) is 22.7. The number of pyridine rings is 1. The molecule has 1 fully saturated rings. The van der Waals surface area contributed by atoms with E-state index in [1.807, 2.05) is 18.2 Å². The summed E-state index contributed by atoms with van der Waals surface area (Å²) in [6.07, 6.45) is 1.52. The lowest BCUT2D eigenvalue weighted by Gasteiger charge is -2.36. The number of amides is 1. The first kappa shape index (κ1) is 21.3. The van der Waals surface area contributed by atoms with Gasteiger partial charge in [-0.1, -0.05) is 0 Å². The van der Waals surface area contributed by atoms with Gasteiger partial charge in [0.05, 0.1) is 11.1 Å². The molecule has 2 heterocycles. The minimum Gasteiger partial charge on any atom is -0.478 e. The molecule has 2 N–H and O–H groups in total. The molecule has 0 saturated carbocycles. The molecule has 7 nitrogen and oxygen atoms in total. The maximum absolute atomic E-state index is 13.5. The molecule has 1 amide bonds. The number of aromatic nitrogens is 1. The first-order chi connectivity index (χ1) is 15.4. The highest BCUT2D eigenvalue weighted by Crippen LogP contribution is 2.21. The van der Waals surface area contributed by atoms with Gasteiger partial charge in [0.2, 0.25) is 0 Å². The van der Waals surface area contributed by atoms with Gasteiger partial charge in [-0.2, -0.15) is 0 Å².